The van der Waals surface area contributed by atoms with Gasteiger partial charge in [-0.25, -0.2) is 5.10 Å². The first-order valence-electron chi connectivity index (χ1n) is 5.93. The lowest BCUT2D eigenvalue weighted by atomic mass is 10.2. The SMILES string of the molecule is COc1c(C(=O)Nc2nnn[nH]2)oc2c(OC)cccc12. The van der Waals surface area contributed by atoms with Crippen LogP contribution in [-0.4, -0.2) is 40.8 Å². The number of furan rings is 1. The molecule has 3 rings (SSSR count). The molecular weight excluding hydrogens is 278 g/mol. The molecule has 3 aromatic rings. The summed E-state index contributed by atoms with van der Waals surface area (Å²) in [4.78, 5) is 12.2. The van der Waals surface area contributed by atoms with E-state index >= 15 is 0 Å². The van der Waals surface area contributed by atoms with Crippen molar-refractivity contribution in [1.82, 2.24) is 20.6 Å². The number of anilines is 1. The summed E-state index contributed by atoms with van der Waals surface area (Å²) in [6, 6.07) is 5.28. The van der Waals surface area contributed by atoms with E-state index in [4.69, 9.17) is 13.9 Å². The van der Waals surface area contributed by atoms with Crippen LogP contribution in [0, 0.1) is 0 Å². The van der Waals surface area contributed by atoms with Crippen molar-refractivity contribution in [3.8, 4) is 11.5 Å². The molecule has 108 valence electrons. The van der Waals surface area contributed by atoms with Gasteiger partial charge in [0.15, 0.2) is 17.1 Å². The van der Waals surface area contributed by atoms with Crippen molar-refractivity contribution in [2.45, 2.75) is 0 Å². The number of ether oxygens (including phenoxy) is 2. The quantitative estimate of drug-likeness (QED) is 0.741. The van der Waals surface area contributed by atoms with Crippen LogP contribution in [0.4, 0.5) is 5.95 Å². The molecule has 0 saturated carbocycles. The Hall–Kier alpha value is -3.10. The van der Waals surface area contributed by atoms with Crippen LogP contribution in [0.2, 0.25) is 0 Å². The number of rotatable bonds is 4. The third-order valence-corrected chi connectivity index (χ3v) is 2.84. The number of nitrogens with zero attached hydrogens (tertiary/aromatic N) is 3. The summed E-state index contributed by atoms with van der Waals surface area (Å²) in [7, 11) is 2.97. The van der Waals surface area contributed by atoms with Crippen LogP contribution in [0.1, 0.15) is 10.6 Å². The van der Waals surface area contributed by atoms with E-state index in [1.165, 1.54) is 14.2 Å². The smallest absolute Gasteiger partial charge is 0.297 e. The van der Waals surface area contributed by atoms with Gasteiger partial charge >= 0.3 is 0 Å². The highest BCUT2D eigenvalue weighted by molar-refractivity contribution is 6.08. The normalized spacial score (nSPS) is 10.6. The summed E-state index contributed by atoms with van der Waals surface area (Å²) < 4.78 is 16.1. The van der Waals surface area contributed by atoms with Crippen molar-refractivity contribution in [3.05, 3.63) is 24.0 Å². The summed E-state index contributed by atoms with van der Waals surface area (Å²) in [5.74, 6) is 0.395. The van der Waals surface area contributed by atoms with Crippen LogP contribution in [0.3, 0.4) is 0 Å². The van der Waals surface area contributed by atoms with Crippen LogP contribution < -0.4 is 14.8 Å². The van der Waals surface area contributed by atoms with E-state index in [9.17, 15) is 4.79 Å². The Kier molecular flexibility index (Phi) is 3.14. The number of para-hydroxylation sites is 1. The Morgan fingerprint density at radius 2 is 2.19 bits per heavy atom. The van der Waals surface area contributed by atoms with Gasteiger partial charge in [-0.05, 0) is 22.6 Å². The Morgan fingerprint density at radius 3 is 2.86 bits per heavy atom. The monoisotopic (exact) mass is 289 g/mol. The lowest BCUT2D eigenvalue weighted by Gasteiger charge is -2.00. The van der Waals surface area contributed by atoms with Gasteiger partial charge < -0.3 is 13.9 Å². The molecule has 0 radical (unpaired) electrons. The first-order valence-corrected chi connectivity index (χ1v) is 5.93. The minimum atomic E-state index is -0.538. The predicted molar refractivity (Wildman–Crippen MR) is 71.4 cm³/mol. The van der Waals surface area contributed by atoms with Gasteiger partial charge in [-0.3, -0.25) is 10.1 Å². The molecule has 0 spiro atoms. The summed E-state index contributed by atoms with van der Waals surface area (Å²) in [6.45, 7) is 0. The van der Waals surface area contributed by atoms with Crippen LogP contribution >= 0.6 is 0 Å². The average molecular weight is 289 g/mol. The van der Waals surface area contributed by atoms with Crippen molar-refractivity contribution in [2.24, 2.45) is 0 Å². The summed E-state index contributed by atoms with van der Waals surface area (Å²) in [6.07, 6.45) is 0. The highest BCUT2D eigenvalue weighted by Crippen LogP contribution is 2.37. The van der Waals surface area contributed by atoms with E-state index in [-0.39, 0.29) is 11.7 Å². The molecule has 2 N–H and O–H groups in total. The van der Waals surface area contributed by atoms with E-state index in [1.54, 1.807) is 18.2 Å². The molecule has 0 aliphatic rings. The topological polar surface area (TPSA) is 115 Å². The van der Waals surface area contributed by atoms with E-state index < -0.39 is 5.91 Å². The Balaban J connectivity index is 2.07. The zero-order chi connectivity index (χ0) is 14.8. The molecular formula is C12H11N5O4. The maximum atomic E-state index is 12.2. The van der Waals surface area contributed by atoms with Gasteiger partial charge in [-0.2, -0.15) is 0 Å². The lowest BCUT2D eigenvalue weighted by Crippen LogP contribution is -2.13. The standard InChI is InChI=1S/C12H11N5O4/c1-19-7-5-3-4-6-8(7)21-10(9(6)20-2)11(18)13-12-14-16-17-15-12/h3-5H,1-2H3,(H2,13,14,15,16,17,18). The number of carbonyl (C=O) groups is 1. The molecule has 0 aliphatic heterocycles. The first-order chi connectivity index (χ1) is 10.2. The van der Waals surface area contributed by atoms with Crippen molar-refractivity contribution < 1.29 is 18.7 Å². The highest BCUT2D eigenvalue weighted by atomic mass is 16.5. The van der Waals surface area contributed by atoms with E-state index in [2.05, 4.69) is 25.9 Å². The van der Waals surface area contributed by atoms with Crippen molar-refractivity contribution in [1.29, 1.82) is 0 Å². The number of hydrogen-bond donors (Lipinski definition) is 2. The largest absolute Gasteiger partial charge is 0.493 e. The summed E-state index contributed by atoms with van der Waals surface area (Å²) in [5.41, 5.74) is 0.428. The van der Waals surface area contributed by atoms with Crippen LogP contribution in [-0.2, 0) is 0 Å². The predicted octanol–water partition coefficient (Wildman–Crippen LogP) is 1.22. The first kappa shape index (κ1) is 12.9. The van der Waals surface area contributed by atoms with Crippen molar-refractivity contribution in [3.63, 3.8) is 0 Å². The molecule has 0 aliphatic carbocycles. The molecule has 21 heavy (non-hydrogen) atoms. The molecule has 2 aromatic heterocycles. The number of tetrazole rings is 1. The number of nitrogens with one attached hydrogen (secondary N) is 2. The molecule has 1 amide bonds. The van der Waals surface area contributed by atoms with Gasteiger partial charge in [-0.1, -0.05) is 11.2 Å². The maximum absolute atomic E-state index is 12.2. The number of amides is 1. The second-order valence-electron chi connectivity index (χ2n) is 4.01. The second kappa shape index (κ2) is 5.12. The average Bonchev–Trinajstić information content (AvgIpc) is 3.13. The zero-order valence-corrected chi connectivity index (χ0v) is 11.2. The number of H-pyrrole nitrogens is 1. The van der Waals surface area contributed by atoms with Gasteiger partial charge in [0.2, 0.25) is 11.7 Å². The molecule has 0 bridgehead atoms. The Bertz CT molecular complexity index is 780. The highest BCUT2D eigenvalue weighted by Gasteiger charge is 2.24. The molecule has 1 aromatic carbocycles. The van der Waals surface area contributed by atoms with Crippen molar-refractivity contribution >= 4 is 22.8 Å². The van der Waals surface area contributed by atoms with Gasteiger partial charge in [0.05, 0.1) is 19.6 Å². The molecule has 0 atom stereocenters. The van der Waals surface area contributed by atoms with Crippen LogP contribution in [0.15, 0.2) is 22.6 Å². The van der Waals surface area contributed by atoms with Crippen LogP contribution in [0.5, 0.6) is 11.5 Å². The number of benzene rings is 1. The third-order valence-electron chi connectivity index (χ3n) is 2.84. The molecule has 2 heterocycles. The fraction of sp³-hybridized carbons (Fsp3) is 0.167. The lowest BCUT2D eigenvalue weighted by molar-refractivity contribution is 0.0993. The Labute approximate surface area is 118 Å². The Morgan fingerprint density at radius 1 is 1.33 bits per heavy atom. The van der Waals surface area contributed by atoms with E-state index in [0.717, 1.165) is 0 Å². The van der Waals surface area contributed by atoms with Crippen LogP contribution in [0.25, 0.3) is 11.0 Å². The third kappa shape index (κ3) is 2.14. The fourth-order valence-corrected chi connectivity index (χ4v) is 1.96. The molecule has 9 nitrogen and oxygen atoms in total. The zero-order valence-electron chi connectivity index (χ0n) is 11.2. The van der Waals surface area contributed by atoms with E-state index in [0.29, 0.717) is 22.5 Å². The van der Waals surface area contributed by atoms with Crippen molar-refractivity contribution in [2.75, 3.05) is 19.5 Å². The number of aromatic amines is 1. The number of methoxy groups -OCH3 is 2. The number of hydrogen-bond acceptors (Lipinski definition) is 7. The minimum absolute atomic E-state index is 0.00778. The van der Waals surface area contributed by atoms with Gasteiger partial charge in [0, 0.05) is 0 Å². The summed E-state index contributed by atoms with van der Waals surface area (Å²) in [5, 5.41) is 15.8. The number of fused-ring (bicyclic) bond motifs is 1. The molecule has 0 saturated heterocycles. The maximum Gasteiger partial charge on any atom is 0.297 e. The molecule has 0 fully saturated rings. The van der Waals surface area contributed by atoms with E-state index in [1.807, 2.05) is 0 Å². The number of carbonyl (C=O) groups excluding carboxylic acids is 1. The molecule has 0 unspecified atom stereocenters. The van der Waals surface area contributed by atoms with Gasteiger partial charge in [0.1, 0.15) is 0 Å². The minimum Gasteiger partial charge on any atom is -0.493 e. The number of aromatic nitrogens is 4. The molecule has 9 heteroatoms. The van der Waals surface area contributed by atoms with Gasteiger partial charge in [-0.15, -0.1) is 0 Å². The second-order valence-corrected chi connectivity index (χ2v) is 4.01. The van der Waals surface area contributed by atoms with Gasteiger partial charge in [0.25, 0.3) is 5.91 Å². The summed E-state index contributed by atoms with van der Waals surface area (Å²) >= 11 is 0. The fourth-order valence-electron chi connectivity index (χ4n) is 1.96.